The second-order valence-corrected chi connectivity index (χ2v) is 9.70. The monoisotopic (exact) mass is 471 g/mol. The number of aromatic carboxylic acids is 1. The fraction of sp³-hybridized carbons (Fsp3) is 0.310. The second-order valence-electron chi connectivity index (χ2n) is 9.70. The van der Waals surface area contributed by atoms with Crippen LogP contribution in [0.4, 0.5) is 0 Å². The number of aryl methyl sites for hydroxylation is 2. The Morgan fingerprint density at radius 2 is 1.94 bits per heavy atom. The molecule has 1 amide bonds. The van der Waals surface area contributed by atoms with Gasteiger partial charge in [-0.3, -0.25) is 4.79 Å². The Morgan fingerprint density at radius 1 is 1.11 bits per heavy atom. The lowest BCUT2D eigenvalue weighted by molar-refractivity contribution is -0.127. The van der Waals surface area contributed by atoms with Gasteiger partial charge in [-0.1, -0.05) is 35.9 Å². The molecule has 0 fully saturated rings. The van der Waals surface area contributed by atoms with Crippen LogP contribution in [-0.2, 0) is 16.6 Å². The lowest BCUT2D eigenvalue weighted by Crippen LogP contribution is -2.44. The number of ether oxygens (including phenoxy) is 2. The number of hydrogen-bond donors (Lipinski definition) is 2. The van der Waals surface area contributed by atoms with Crippen molar-refractivity contribution in [1.29, 1.82) is 0 Å². The minimum Gasteiger partial charge on any atom is -0.497 e. The van der Waals surface area contributed by atoms with Crippen molar-refractivity contribution >= 4 is 11.9 Å². The molecule has 2 N–H and O–H groups in total. The van der Waals surface area contributed by atoms with E-state index in [4.69, 9.17) is 9.47 Å². The Balaban J connectivity index is 1.48. The predicted molar refractivity (Wildman–Crippen MR) is 132 cm³/mol. The molecule has 0 aromatic heterocycles. The number of benzene rings is 3. The van der Waals surface area contributed by atoms with Gasteiger partial charge in [0.25, 0.3) is 0 Å². The van der Waals surface area contributed by atoms with Gasteiger partial charge in [0.1, 0.15) is 17.6 Å². The molecule has 6 heteroatoms. The first-order valence-corrected chi connectivity index (χ1v) is 11.9. The molecular formula is C29H29NO5. The molecule has 0 spiro atoms. The summed E-state index contributed by atoms with van der Waals surface area (Å²) < 4.78 is 11.7. The van der Waals surface area contributed by atoms with Crippen LogP contribution in [0.1, 0.15) is 70.1 Å². The van der Waals surface area contributed by atoms with E-state index in [0.29, 0.717) is 17.9 Å². The number of nitrogens with one attached hydrogen (secondary N) is 1. The fourth-order valence-corrected chi connectivity index (χ4v) is 5.33. The molecule has 2 aliphatic rings. The number of rotatable bonds is 5. The van der Waals surface area contributed by atoms with E-state index in [0.717, 1.165) is 29.5 Å². The number of carboxylic acid groups (broad SMARTS) is 1. The van der Waals surface area contributed by atoms with E-state index < -0.39 is 17.5 Å². The SMILES string of the molecule is COc1ccc2c(c1)O[C@@H](c1cccc(C(=O)O)c1)C[C@H]2NC(=O)[C@]1(C)CCc2cc(C)ccc21. The molecule has 5 rings (SSSR count). The first-order valence-electron chi connectivity index (χ1n) is 11.9. The van der Waals surface area contributed by atoms with Crippen molar-refractivity contribution in [3.63, 3.8) is 0 Å². The number of carbonyl (C=O) groups excluding carboxylic acids is 1. The van der Waals surface area contributed by atoms with Gasteiger partial charge in [-0.25, -0.2) is 4.79 Å². The summed E-state index contributed by atoms with van der Waals surface area (Å²) in [5, 5.41) is 12.7. The standard InChI is InChI=1S/C29H29NO5/c1-17-7-10-23-18(13-17)11-12-29(23,2)28(33)30-24-16-25(19-5-4-6-20(14-19)27(31)32)35-26-15-21(34-3)8-9-22(24)26/h4-10,13-15,24-25H,11-12,16H2,1-3H3,(H,30,33)(H,31,32)/t24-,25-,29-/m1/s1. The van der Waals surface area contributed by atoms with Crippen LogP contribution in [0.5, 0.6) is 11.5 Å². The molecule has 1 heterocycles. The maximum absolute atomic E-state index is 13.7. The van der Waals surface area contributed by atoms with Crippen molar-refractivity contribution in [1.82, 2.24) is 5.32 Å². The van der Waals surface area contributed by atoms with Gasteiger partial charge in [-0.15, -0.1) is 0 Å². The molecule has 1 aliphatic carbocycles. The lowest BCUT2D eigenvalue weighted by Gasteiger charge is -2.35. The van der Waals surface area contributed by atoms with Crippen molar-refractivity contribution in [3.8, 4) is 11.5 Å². The van der Waals surface area contributed by atoms with Crippen molar-refractivity contribution in [2.24, 2.45) is 0 Å². The normalized spacial score (nSPS) is 22.5. The number of methoxy groups -OCH3 is 1. The summed E-state index contributed by atoms with van der Waals surface area (Å²) in [6, 6.07) is 18.4. The highest BCUT2D eigenvalue weighted by Gasteiger charge is 2.43. The zero-order valence-electron chi connectivity index (χ0n) is 20.1. The van der Waals surface area contributed by atoms with E-state index in [1.165, 1.54) is 11.1 Å². The largest absolute Gasteiger partial charge is 0.497 e. The van der Waals surface area contributed by atoms with Gasteiger partial charge >= 0.3 is 5.97 Å². The van der Waals surface area contributed by atoms with E-state index in [1.54, 1.807) is 25.3 Å². The van der Waals surface area contributed by atoms with Crippen LogP contribution in [0.2, 0.25) is 0 Å². The first kappa shape index (κ1) is 23.0. The third kappa shape index (κ3) is 4.14. The Bertz CT molecular complexity index is 1320. The molecule has 1 aliphatic heterocycles. The highest BCUT2D eigenvalue weighted by Crippen LogP contribution is 2.44. The first-order chi connectivity index (χ1) is 16.8. The molecule has 0 saturated carbocycles. The third-order valence-electron chi connectivity index (χ3n) is 7.38. The zero-order chi connectivity index (χ0) is 24.7. The van der Waals surface area contributed by atoms with Gasteiger partial charge in [0, 0.05) is 18.1 Å². The fourth-order valence-electron chi connectivity index (χ4n) is 5.33. The molecule has 0 bridgehead atoms. The van der Waals surface area contributed by atoms with Crippen LogP contribution >= 0.6 is 0 Å². The summed E-state index contributed by atoms with van der Waals surface area (Å²) in [5.41, 5.74) is 4.77. The molecule has 0 saturated heterocycles. The number of hydrogen-bond acceptors (Lipinski definition) is 4. The summed E-state index contributed by atoms with van der Waals surface area (Å²) in [6.45, 7) is 4.09. The molecular weight excluding hydrogens is 442 g/mol. The Hall–Kier alpha value is -3.80. The van der Waals surface area contributed by atoms with Gasteiger partial charge in [0.15, 0.2) is 0 Å². The zero-order valence-corrected chi connectivity index (χ0v) is 20.1. The van der Waals surface area contributed by atoms with Crippen molar-refractivity contribution in [2.75, 3.05) is 7.11 Å². The highest BCUT2D eigenvalue weighted by molar-refractivity contribution is 5.90. The van der Waals surface area contributed by atoms with E-state index in [1.807, 2.05) is 31.2 Å². The van der Waals surface area contributed by atoms with Crippen LogP contribution < -0.4 is 14.8 Å². The van der Waals surface area contributed by atoms with Gasteiger partial charge in [0.2, 0.25) is 5.91 Å². The number of amides is 1. The van der Waals surface area contributed by atoms with Crippen molar-refractivity contribution in [3.05, 3.63) is 94.0 Å². The van der Waals surface area contributed by atoms with E-state index in [9.17, 15) is 14.7 Å². The van der Waals surface area contributed by atoms with Crippen molar-refractivity contribution < 1.29 is 24.2 Å². The molecule has 35 heavy (non-hydrogen) atoms. The number of carboxylic acids is 1. The topological polar surface area (TPSA) is 84.9 Å². The molecule has 3 atom stereocenters. The molecule has 0 unspecified atom stereocenters. The van der Waals surface area contributed by atoms with Gasteiger partial charge in [0.05, 0.1) is 24.1 Å². The van der Waals surface area contributed by atoms with Crippen molar-refractivity contribution in [2.45, 2.75) is 50.7 Å². The Morgan fingerprint density at radius 3 is 2.71 bits per heavy atom. The Labute approximate surface area is 204 Å². The summed E-state index contributed by atoms with van der Waals surface area (Å²) in [4.78, 5) is 25.3. The number of carbonyl (C=O) groups is 2. The van der Waals surface area contributed by atoms with E-state index in [2.05, 4.69) is 30.4 Å². The van der Waals surface area contributed by atoms with Crippen LogP contribution in [0.3, 0.4) is 0 Å². The summed E-state index contributed by atoms with van der Waals surface area (Å²) in [5.74, 6) is 0.282. The predicted octanol–water partition coefficient (Wildman–Crippen LogP) is 5.29. The third-order valence-corrected chi connectivity index (χ3v) is 7.38. The molecule has 6 nitrogen and oxygen atoms in total. The average molecular weight is 472 g/mol. The molecule has 180 valence electrons. The molecule has 3 aromatic carbocycles. The molecule has 3 aromatic rings. The maximum Gasteiger partial charge on any atom is 0.335 e. The smallest absolute Gasteiger partial charge is 0.335 e. The van der Waals surface area contributed by atoms with Crippen LogP contribution in [0.15, 0.2) is 60.7 Å². The van der Waals surface area contributed by atoms with E-state index in [-0.39, 0.29) is 17.5 Å². The summed E-state index contributed by atoms with van der Waals surface area (Å²) in [6.07, 6.45) is 1.73. The average Bonchev–Trinajstić information content (AvgIpc) is 3.20. The van der Waals surface area contributed by atoms with Gasteiger partial charge in [-0.2, -0.15) is 0 Å². The van der Waals surface area contributed by atoms with Gasteiger partial charge < -0.3 is 19.9 Å². The van der Waals surface area contributed by atoms with E-state index >= 15 is 0 Å². The molecule has 0 radical (unpaired) electrons. The minimum atomic E-state index is -0.988. The number of fused-ring (bicyclic) bond motifs is 2. The Kier molecular flexibility index (Phi) is 5.75. The van der Waals surface area contributed by atoms with Gasteiger partial charge in [-0.05, 0) is 67.6 Å². The van der Waals surface area contributed by atoms with Crippen LogP contribution in [0.25, 0.3) is 0 Å². The highest BCUT2D eigenvalue weighted by atomic mass is 16.5. The summed E-state index contributed by atoms with van der Waals surface area (Å²) in [7, 11) is 1.59. The maximum atomic E-state index is 13.7. The quantitative estimate of drug-likeness (QED) is 0.528. The lowest BCUT2D eigenvalue weighted by atomic mass is 9.82. The van der Waals surface area contributed by atoms with Crippen LogP contribution in [-0.4, -0.2) is 24.1 Å². The minimum absolute atomic E-state index is 0.00759. The van der Waals surface area contributed by atoms with Crippen LogP contribution in [0, 0.1) is 6.92 Å². The second kappa shape index (κ2) is 8.77. The summed E-state index contributed by atoms with van der Waals surface area (Å²) >= 11 is 0.